The second-order valence-corrected chi connectivity index (χ2v) is 11.2. The van der Waals surface area contributed by atoms with Crippen LogP contribution in [0.2, 0.25) is 0 Å². The summed E-state index contributed by atoms with van der Waals surface area (Å²) in [4.78, 5) is 0. The van der Waals surface area contributed by atoms with Gasteiger partial charge in [-0.15, -0.1) is 0 Å². The highest BCUT2D eigenvalue weighted by Crippen LogP contribution is 2.42. The smallest absolute Gasteiger partial charge is 0.217 e. The molecule has 41 heavy (non-hydrogen) atoms. The molecule has 0 radical (unpaired) electrons. The molecule has 7 aromatic rings. The van der Waals surface area contributed by atoms with E-state index in [1.807, 2.05) is 48.5 Å². The number of aromatic nitrogens is 1. The average Bonchev–Trinajstić information content (AvgIpc) is 3.36. The van der Waals surface area contributed by atoms with Crippen LogP contribution in [-0.4, -0.2) is 0 Å². The maximum absolute atomic E-state index is 15.6. The molecule has 0 aliphatic rings. The Morgan fingerprint density at radius 2 is 1.24 bits per heavy atom. The van der Waals surface area contributed by atoms with E-state index in [1.165, 1.54) is 16.5 Å². The van der Waals surface area contributed by atoms with E-state index in [0.717, 1.165) is 49.9 Å². The lowest BCUT2D eigenvalue weighted by molar-refractivity contribution is -0.633. The van der Waals surface area contributed by atoms with Gasteiger partial charge in [0.1, 0.15) is 24.0 Å². The van der Waals surface area contributed by atoms with Crippen molar-refractivity contribution in [3.63, 3.8) is 0 Å². The van der Waals surface area contributed by atoms with Gasteiger partial charge >= 0.3 is 0 Å². The van der Waals surface area contributed by atoms with Crippen LogP contribution < -0.4 is 4.57 Å². The Morgan fingerprint density at radius 3 is 1.98 bits per heavy atom. The summed E-state index contributed by atoms with van der Waals surface area (Å²) in [6, 6.07) is 36.8. The summed E-state index contributed by atoms with van der Waals surface area (Å²) in [6.07, 6.45) is 0. The number of hydrogen-bond donors (Lipinski definition) is 0. The number of nitrogens with zero attached hydrogens (tertiary/aromatic N) is 1. The van der Waals surface area contributed by atoms with Crippen LogP contribution in [0.25, 0.3) is 66.4 Å². The zero-order valence-corrected chi connectivity index (χ0v) is 23.7. The van der Waals surface area contributed by atoms with Gasteiger partial charge in [-0.25, -0.2) is 4.39 Å². The predicted octanol–water partition coefficient (Wildman–Crippen LogP) is 10.1. The van der Waals surface area contributed by atoms with E-state index in [9.17, 15) is 0 Å². The van der Waals surface area contributed by atoms with Crippen molar-refractivity contribution in [2.75, 3.05) is 0 Å². The van der Waals surface area contributed by atoms with Crippen LogP contribution in [0.3, 0.4) is 0 Å². The van der Waals surface area contributed by atoms with E-state index in [0.29, 0.717) is 17.1 Å². The number of para-hydroxylation sites is 1. The van der Waals surface area contributed by atoms with E-state index >= 15 is 4.39 Å². The second-order valence-electron chi connectivity index (χ2n) is 11.2. The van der Waals surface area contributed by atoms with Crippen LogP contribution in [-0.2, 0) is 7.05 Å². The van der Waals surface area contributed by atoms with Crippen molar-refractivity contribution in [3.8, 4) is 33.5 Å². The van der Waals surface area contributed by atoms with Crippen LogP contribution in [0, 0.1) is 12.7 Å². The highest BCUT2D eigenvalue weighted by molar-refractivity contribution is 6.13. The third-order valence-corrected chi connectivity index (χ3v) is 8.36. The van der Waals surface area contributed by atoms with Crippen LogP contribution in [0.15, 0.2) is 114 Å². The Bertz CT molecular complexity index is 2090. The predicted molar refractivity (Wildman–Crippen MR) is 167 cm³/mol. The largest absolute Gasteiger partial charge is 0.454 e. The molecule has 0 aliphatic carbocycles. The van der Waals surface area contributed by atoms with Gasteiger partial charge in [-0.3, -0.25) is 0 Å². The zero-order valence-electron chi connectivity index (χ0n) is 23.7. The van der Waals surface area contributed by atoms with Crippen LogP contribution in [0.1, 0.15) is 30.9 Å². The molecule has 7 rings (SSSR count). The first-order chi connectivity index (χ1) is 19.9. The Labute approximate surface area is 239 Å². The SMILES string of the molecule is Cc1ccc2c(oc3c(-c4ccc(-c5ccccc5)cc4)c(F)ccc32)c1-c1cc(C(C)C)c2ccccc2[n+]1C. The number of halogens is 1. The summed E-state index contributed by atoms with van der Waals surface area (Å²) in [6.45, 7) is 6.59. The standard InChI is InChI=1S/C38H31FNO/c1-23(2)31-22-34(40(4)33-13-9-8-12-28(31)33)35-24(3)14-19-29-30-20-21-32(39)36(38(30)41-37(29)35)27-17-15-26(16-18-27)25-10-6-5-7-11-25/h5-23H,1-4H3/q+1. The molecule has 200 valence electrons. The minimum atomic E-state index is -0.291. The molecule has 0 spiro atoms. The molecule has 0 saturated heterocycles. The van der Waals surface area contributed by atoms with Gasteiger partial charge in [0.05, 0.1) is 11.1 Å². The maximum Gasteiger partial charge on any atom is 0.217 e. The molecule has 0 unspecified atom stereocenters. The molecular formula is C38H31FNO+. The zero-order chi connectivity index (χ0) is 28.2. The molecule has 5 aromatic carbocycles. The van der Waals surface area contributed by atoms with Gasteiger partial charge in [-0.1, -0.05) is 92.7 Å². The van der Waals surface area contributed by atoms with Crippen LogP contribution in [0.4, 0.5) is 4.39 Å². The number of benzene rings is 5. The molecule has 0 aliphatic heterocycles. The molecule has 2 aromatic heterocycles. The van der Waals surface area contributed by atoms with Crippen molar-refractivity contribution in [3.05, 3.63) is 126 Å². The molecule has 2 heterocycles. The Balaban J connectivity index is 1.48. The van der Waals surface area contributed by atoms with Crippen LogP contribution in [0.5, 0.6) is 0 Å². The van der Waals surface area contributed by atoms with Gasteiger partial charge in [0.15, 0.2) is 0 Å². The first-order valence-corrected chi connectivity index (χ1v) is 14.1. The molecule has 0 saturated carbocycles. The van der Waals surface area contributed by atoms with Gasteiger partial charge in [-0.2, -0.15) is 4.57 Å². The Morgan fingerprint density at radius 1 is 0.634 bits per heavy atom. The van der Waals surface area contributed by atoms with E-state index in [4.69, 9.17) is 4.42 Å². The van der Waals surface area contributed by atoms with Gasteiger partial charge in [-0.05, 0) is 58.9 Å². The number of rotatable bonds is 4. The highest BCUT2D eigenvalue weighted by Gasteiger charge is 2.26. The fraction of sp³-hybridized carbons (Fsp3) is 0.132. The molecule has 0 amide bonds. The van der Waals surface area contributed by atoms with Crippen molar-refractivity contribution >= 4 is 32.8 Å². The summed E-state index contributed by atoms with van der Waals surface area (Å²) in [7, 11) is 2.11. The number of fused-ring (bicyclic) bond motifs is 4. The van der Waals surface area contributed by atoms with Crippen molar-refractivity contribution < 1.29 is 13.4 Å². The fourth-order valence-corrected chi connectivity index (χ4v) is 6.20. The third-order valence-electron chi connectivity index (χ3n) is 8.36. The normalized spacial score (nSPS) is 11.8. The number of hydrogen-bond acceptors (Lipinski definition) is 1. The first-order valence-electron chi connectivity index (χ1n) is 14.1. The molecule has 0 fully saturated rings. The van der Waals surface area contributed by atoms with Crippen molar-refractivity contribution in [1.82, 2.24) is 0 Å². The second kappa shape index (κ2) is 9.71. The van der Waals surface area contributed by atoms with Crippen molar-refractivity contribution in [2.45, 2.75) is 26.7 Å². The molecule has 0 atom stereocenters. The quantitative estimate of drug-likeness (QED) is 0.205. The van der Waals surface area contributed by atoms with Gasteiger partial charge in [0.25, 0.3) is 0 Å². The minimum absolute atomic E-state index is 0.291. The van der Waals surface area contributed by atoms with E-state index < -0.39 is 0 Å². The first kappa shape index (κ1) is 25.2. The minimum Gasteiger partial charge on any atom is -0.454 e. The third kappa shape index (κ3) is 4.03. The lowest BCUT2D eigenvalue weighted by Crippen LogP contribution is -2.33. The van der Waals surface area contributed by atoms with Crippen LogP contribution >= 0.6 is 0 Å². The number of pyridine rings is 1. The number of aryl methyl sites for hydroxylation is 2. The summed E-state index contributed by atoms with van der Waals surface area (Å²) >= 11 is 0. The Kier molecular flexibility index (Phi) is 5.97. The molecule has 3 heteroatoms. The van der Waals surface area contributed by atoms with E-state index in [1.54, 1.807) is 6.07 Å². The summed E-state index contributed by atoms with van der Waals surface area (Å²) in [5, 5.41) is 3.16. The van der Waals surface area contributed by atoms with E-state index in [2.05, 4.69) is 87.0 Å². The summed E-state index contributed by atoms with van der Waals surface area (Å²) < 4.78 is 24.5. The van der Waals surface area contributed by atoms with Gasteiger partial charge in [0.2, 0.25) is 11.2 Å². The van der Waals surface area contributed by atoms with Crippen molar-refractivity contribution in [2.24, 2.45) is 7.05 Å². The topological polar surface area (TPSA) is 17.0 Å². The molecule has 0 bridgehead atoms. The lowest BCUT2D eigenvalue weighted by atomic mass is 9.93. The lowest BCUT2D eigenvalue weighted by Gasteiger charge is -2.13. The van der Waals surface area contributed by atoms with Crippen molar-refractivity contribution in [1.29, 1.82) is 0 Å². The number of furan rings is 1. The fourth-order valence-electron chi connectivity index (χ4n) is 6.20. The molecular weight excluding hydrogens is 505 g/mol. The molecule has 0 N–H and O–H groups in total. The highest BCUT2D eigenvalue weighted by atomic mass is 19.1. The Hall–Kier alpha value is -4.76. The monoisotopic (exact) mass is 536 g/mol. The maximum atomic E-state index is 15.6. The van der Waals surface area contributed by atoms with E-state index in [-0.39, 0.29) is 5.82 Å². The van der Waals surface area contributed by atoms with Gasteiger partial charge in [0, 0.05) is 28.3 Å². The molecule has 2 nitrogen and oxygen atoms in total. The van der Waals surface area contributed by atoms with Gasteiger partial charge < -0.3 is 4.42 Å². The summed E-state index contributed by atoms with van der Waals surface area (Å²) in [5.74, 6) is 0.0650. The average molecular weight is 537 g/mol. The summed E-state index contributed by atoms with van der Waals surface area (Å²) in [5.41, 5.74) is 10.6.